The summed E-state index contributed by atoms with van der Waals surface area (Å²) in [5, 5.41) is 0. The first-order chi connectivity index (χ1) is 6.49. The third-order valence-corrected chi connectivity index (χ3v) is 2.05. The molecule has 4 nitrogen and oxygen atoms in total. The van der Waals surface area contributed by atoms with Crippen molar-refractivity contribution in [3.05, 3.63) is 27.3 Å². The number of hydrogen-bond donors (Lipinski definition) is 0. The number of Topliss-reactive ketones (excluding diaryl/α,β-unsaturated/α-hetero) is 1. The van der Waals surface area contributed by atoms with Gasteiger partial charge in [0, 0.05) is 12.5 Å². The molecule has 0 spiro atoms. The van der Waals surface area contributed by atoms with Crippen LogP contribution in [0.5, 0.6) is 5.75 Å². The van der Waals surface area contributed by atoms with Crippen molar-refractivity contribution in [1.82, 2.24) is 0 Å². The Kier molecular flexibility index (Phi) is 2.74. The van der Waals surface area contributed by atoms with Crippen LogP contribution in [0.25, 0.3) is 0 Å². The molecule has 1 rings (SSSR count). The molecule has 0 aromatic carbocycles. The quantitative estimate of drug-likeness (QED) is 0.672. The van der Waals surface area contributed by atoms with Crippen molar-refractivity contribution in [3.8, 4) is 5.75 Å². The first-order valence-corrected chi connectivity index (χ1v) is 4.18. The summed E-state index contributed by atoms with van der Waals surface area (Å²) in [6, 6.07) is 0. The highest BCUT2D eigenvalue weighted by Crippen LogP contribution is 2.22. The van der Waals surface area contributed by atoms with Crippen LogP contribution < -0.4 is 10.4 Å². The number of carbonyl (C=O) groups excluding carboxylic acids is 1. The number of methoxy groups -OCH3 is 1. The van der Waals surface area contributed by atoms with E-state index in [9.17, 15) is 9.59 Å². The van der Waals surface area contributed by atoms with E-state index in [1.165, 1.54) is 14.0 Å². The Morgan fingerprint density at radius 3 is 2.29 bits per heavy atom. The van der Waals surface area contributed by atoms with E-state index in [4.69, 9.17) is 9.15 Å². The van der Waals surface area contributed by atoms with Gasteiger partial charge in [-0.1, -0.05) is 0 Å². The fraction of sp³-hybridized carbons (Fsp3) is 0.400. The van der Waals surface area contributed by atoms with Crippen molar-refractivity contribution in [2.45, 2.75) is 20.8 Å². The van der Waals surface area contributed by atoms with Gasteiger partial charge in [0.1, 0.15) is 5.75 Å². The van der Waals surface area contributed by atoms with Crippen molar-refractivity contribution in [1.29, 1.82) is 0 Å². The minimum atomic E-state index is -0.530. The summed E-state index contributed by atoms with van der Waals surface area (Å²) < 4.78 is 9.89. The highest BCUT2D eigenvalue weighted by Gasteiger charge is 2.16. The van der Waals surface area contributed by atoms with Gasteiger partial charge in [-0.25, -0.2) is 4.79 Å². The SMILES string of the molecule is COc1c(C)c(C(C)=O)oc(=O)c1C. The summed E-state index contributed by atoms with van der Waals surface area (Å²) in [6.07, 6.45) is 0. The zero-order valence-corrected chi connectivity index (χ0v) is 8.63. The van der Waals surface area contributed by atoms with Crippen LogP contribution in [0.4, 0.5) is 0 Å². The molecule has 0 bridgehead atoms. The summed E-state index contributed by atoms with van der Waals surface area (Å²) in [5.74, 6) is 0.210. The molecule has 0 radical (unpaired) electrons. The highest BCUT2D eigenvalue weighted by atomic mass is 16.5. The predicted molar refractivity (Wildman–Crippen MR) is 51.0 cm³/mol. The van der Waals surface area contributed by atoms with Crippen LogP contribution in [0, 0.1) is 13.8 Å². The monoisotopic (exact) mass is 196 g/mol. The Hall–Kier alpha value is -1.58. The van der Waals surface area contributed by atoms with Crippen LogP contribution in [0.15, 0.2) is 9.21 Å². The molecular formula is C10H12O4. The lowest BCUT2D eigenvalue weighted by Crippen LogP contribution is -2.12. The van der Waals surface area contributed by atoms with Gasteiger partial charge in [0.05, 0.1) is 12.7 Å². The molecule has 0 amide bonds. The zero-order valence-electron chi connectivity index (χ0n) is 8.63. The van der Waals surface area contributed by atoms with Crippen molar-refractivity contribution >= 4 is 5.78 Å². The molecule has 1 aromatic rings. The molecule has 4 heteroatoms. The van der Waals surface area contributed by atoms with Crippen LogP contribution in [0.1, 0.15) is 28.6 Å². The van der Waals surface area contributed by atoms with Gasteiger partial charge in [0.15, 0.2) is 11.5 Å². The molecule has 1 heterocycles. The number of hydrogen-bond acceptors (Lipinski definition) is 4. The van der Waals surface area contributed by atoms with Gasteiger partial charge in [0.25, 0.3) is 0 Å². The smallest absolute Gasteiger partial charge is 0.343 e. The molecular weight excluding hydrogens is 184 g/mol. The molecule has 14 heavy (non-hydrogen) atoms. The maximum Gasteiger partial charge on any atom is 0.343 e. The minimum Gasteiger partial charge on any atom is -0.496 e. The molecule has 0 N–H and O–H groups in total. The van der Waals surface area contributed by atoms with E-state index in [-0.39, 0.29) is 11.5 Å². The lowest BCUT2D eigenvalue weighted by atomic mass is 10.1. The predicted octanol–water partition coefficient (Wildman–Crippen LogP) is 1.47. The molecule has 0 atom stereocenters. The molecule has 0 aliphatic heterocycles. The van der Waals surface area contributed by atoms with Crippen molar-refractivity contribution in [2.75, 3.05) is 7.11 Å². The van der Waals surface area contributed by atoms with Crippen LogP contribution in [0.2, 0.25) is 0 Å². The second-order valence-electron chi connectivity index (χ2n) is 3.06. The zero-order chi connectivity index (χ0) is 10.9. The van der Waals surface area contributed by atoms with E-state index >= 15 is 0 Å². The summed E-state index contributed by atoms with van der Waals surface area (Å²) in [5.41, 5.74) is 0.421. The molecule has 0 unspecified atom stereocenters. The Bertz CT molecular complexity index is 428. The molecule has 0 aliphatic rings. The van der Waals surface area contributed by atoms with E-state index in [2.05, 4.69) is 0 Å². The fourth-order valence-electron chi connectivity index (χ4n) is 1.36. The topological polar surface area (TPSA) is 56.5 Å². The lowest BCUT2D eigenvalue weighted by Gasteiger charge is -2.08. The van der Waals surface area contributed by atoms with E-state index in [0.717, 1.165) is 0 Å². The fourth-order valence-corrected chi connectivity index (χ4v) is 1.36. The average molecular weight is 196 g/mol. The van der Waals surface area contributed by atoms with Gasteiger partial charge in [-0.3, -0.25) is 4.79 Å². The number of ether oxygens (including phenoxy) is 1. The summed E-state index contributed by atoms with van der Waals surface area (Å²) >= 11 is 0. The largest absolute Gasteiger partial charge is 0.496 e. The van der Waals surface area contributed by atoms with E-state index < -0.39 is 5.63 Å². The molecule has 76 valence electrons. The first-order valence-electron chi connectivity index (χ1n) is 4.18. The Balaban J connectivity index is 3.59. The average Bonchev–Trinajstić information content (AvgIpc) is 2.12. The molecule has 0 aliphatic carbocycles. The molecule has 0 saturated carbocycles. The third-order valence-electron chi connectivity index (χ3n) is 2.05. The Labute approximate surface area is 81.5 Å². The van der Waals surface area contributed by atoms with Crippen molar-refractivity contribution in [2.24, 2.45) is 0 Å². The minimum absolute atomic E-state index is 0.0671. The molecule has 0 saturated heterocycles. The second-order valence-corrected chi connectivity index (χ2v) is 3.06. The van der Waals surface area contributed by atoms with E-state index in [0.29, 0.717) is 16.9 Å². The standard InChI is InChI=1S/C10H12O4/c1-5-8(13-4)6(2)10(12)14-9(5)7(3)11/h1-4H3. The normalized spacial score (nSPS) is 10.0. The molecule has 1 aromatic heterocycles. The highest BCUT2D eigenvalue weighted by molar-refractivity contribution is 5.93. The van der Waals surface area contributed by atoms with Gasteiger partial charge in [-0.05, 0) is 13.8 Å². The van der Waals surface area contributed by atoms with Gasteiger partial charge in [-0.2, -0.15) is 0 Å². The van der Waals surface area contributed by atoms with E-state index in [1.54, 1.807) is 13.8 Å². The summed E-state index contributed by atoms with van der Waals surface area (Å²) in [6.45, 7) is 4.63. The van der Waals surface area contributed by atoms with Gasteiger partial charge < -0.3 is 9.15 Å². The summed E-state index contributed by atoms with van der Waals surface area (Å²) in [7, 11) is 1.46. The van der Waals surface area contributed by atoms with E-state index in [1.807, 2.05) is 0 Å². The van der Waals surface area contributed by atoms with Crippen LogP contribution in [0.3, 0.4) is 0 Å². The summed E-state index contributed by atoms with van der Waals surface area (Å²) in [4.78, 5) is 22.4. The second kappa shape index (κ2) is 3.65. The van der Waals surface area contributed by atoms with Gasteiger partial charge >= 0.3 is 5.63 Å². The maximum atomic E-state index is 11.3. The van der Waals surface area contributed by atoms with Gasteiger partial charge in [-0.15, -0.1) is 0 Å². The number of rotatable bonds is 2. The number of carbonyl (C=O) groups is 1. The van der Waals surface area contributed by atoms with Gasteiger partial charge in [0.2, 0.25) is 0 Å². The Morgan fingerprint density at radius 2 is 1.86 bits per heavy atom. The van der Waals surface area contributed by atoms with Crippen LogP contribution >= 0.6 is 0 Å². The lowest BCUT2D eigenvalue weighted by molar-refractivity contribution is 0.0980. The molecule has 0 fully saturated rings. The number of ketones is 1. The van der Waals surface area contributed by atoms with Crippen molar-refractivity contribution < 1.29 is 13.9 Å². The van der Waals surface area contributed by atoms with Crippen molar-refractivity contribution in [3.63, 3.8) is 0 Å². The first kappa shape index (κ1) is 10.5. The van der Waals surface area contributed by atoms with Crippen LogP contribution in [-0.4, -0.2) is 12.9 Å². The maximum absolute atomic E-state index is 11.3. The third kappa shape index (κ3) is 1.55. The van der Waals surface area contributed by atoms with Crippen LogP contribution in [-0.2, 0) is 0 Å². The Morgan fingerprint density at radius 1 is 1.29 bits per heavy atom.